The molecular weight excluding hydrogens is 260 g/mol. The Bertz CT molecular complexity index is 469. The second kappa shape index (κ2) is 6.61. The van der Waals surface area contributed by atoms with Crippen molar-refractivity contribution >= 4 is 5.91 Å². The minimum absolute atomic E-state index is 0.156. The van der Waals surface area contributed by atoms with Crippen molar-refractivity contribution in [1.29, 1.82) is 0 Å². The molecule has 2 N–H and O–H groups in total. The van der Waals surface area contributed by atoms with Crippen LogP contribution in [0.25, 0.3) is 0 Å². The Balaban J connectivity index is 1.67. The third-order valence-corrected chi connectivity index (χ3v) is 5.05. The average molecular weight is 286 g/mol. The standard InChI is InChI=1S/C18H26N2O/c19-17-10-9-16(11-17)18(21)20(13-15-7-4-8-15)12-14-5-2-1-3-6-14/h1-3,5-6,15-17H,4,7-13,19H2/t16-,17+/m0/s1. The van der Waals surface area contributed by atoms with Crippen molar-refractivity contribution in [2.75, 3.05) is 6.54 Å². The molecule has 0 saturated heterocycles. The molecule has 114 valence electrons. The Morgan fingerprint density at radius 1 is 1.14 bits per heavy atom. The highest BCUT2D eigenvalue weighted by Crippen LogP contribution is 2.31. The summed E-state index contributed by atoms with van der Waals surface area (Å²) in [5.74, 6) is 1.20. The zero-order valence-corrected chi connectivity index (χ0v) is 12.7. The molecule has 0 heterocycles. The fourth-order valence-corrected chi connectivity index (χ4v) is 3.52. The molecule has 2 saturated carbocycles. The number of carbonyl (C=O) groups excluding carboxylic acids is 1. The van der Waals surface area contributed by atoms with Crippen LogP contribution in [-0.2, 0) is 11.3 Å². The number of carbonyl (C=O) groups is 1. The summed E-state index contributed by atoms with van der Waals surface area (Å²) in [6, 6.07) is 10.6. The van der Waals surface area contributed by atoms with Crippen molar-refractivity contribution < 1.29 is 4.79 Å². The Kier molecular flexibility index (Phi) is 4.59. The smallest absolute Gasteiger partial charge is 0.226 e. The van der Waals surface area contributed by atoms with Crippen molar-refractivity contribution in [1.82, 2.24) is 4.90 Å². The molecule has 0 bridgehead atoms. The molecule has 1 amide bonds. The molecular formula is C18H26N2O. The van der Waals surface area contributed by atoms with Crippen LogP contribution in [-0.4, -0.2) is 23.4 Å². The van der Waals surface area contributed by atoms with E-state index in [-0.39, 0.29) is 12.0 Å². The second-order valence-corrected chi connectivity index (χ2v) is 6.77. The van der Waals surface area contributed by atoms with E-state index in [0.29, 0.717) is 11.8 Å². The summed E-state index contributed by atoms with van der Waals surface area (Å²) in [7, 11) is 0. The quantitative estimate of drug-likeness (QED) is 0.904. The van der Waals surface area contributed by atoms with E-state index in [2.05, 4.69) is 17.0 Å². The molecule has 0 spiro atoms. The largest absolute Gasteiger partial charge is 0.338 e. The van der Waals surface area contributed by atoms with E-state index < -0.39 is 0 Å². The van der Waals surface area contributed by atoms with Gasteiger partial charge in [0.2, 0.25) is 5.91 Å². The van der Waals surface area contributed by atoms with Crippen molar-refractivity contribution in [3.8, 4) is 0 Å². The monoisotopic (exact) mass is 286 g/mol. The van der Waals surface area contributed by atoms with E-state index in [4.69, 9.17) is 5.73 Å². The molecule has 21 heavy (non-hydrogen) atoms. The van der Waals surface area contributed by atoms with Gasteiger partial charge < -0.3 is 10.6 Å². The number of benzene rings is 1. The first-order chi connectivity index (χ1) is 10.2. The first-order valence-corrected chi connectivity index (χ1v) is 8.30. The van der Waals surface area contributed by atoms with Crippen LogP contribution in [0.4, 0.5) is 0 Å². The van der Waals surface area contributed by atoms with Crippen LogP contribution in [0.5, 0.6) is 0 Å². The molecule has 3 heteroatoms. The third kappa shape index (κ3) is 3.65. The Morgan fingerprint density at radius 3 is 2.48 bits per heavy atom. The van der Waals surface area contributed by atoms with Gasteiger partial charge in [-0.25, -0.2) is 0 Å². The molecule has 2 fully saturated rings. The van der Waals surface area contributed by atoms with E-state index in [1.807, 2.05) is 18.2 Å². The van der Waals surface area contributed by atoms with Crippen LogP contribution in [0.3, 0.4) is 0 Å². The number of rotatable bonds is 5. The fourth-order valence-electron chi connectivity index (χ4n) is 3.52. The van der Waals surface area contributed by atoms with Crippen molar-refractivity contribution in [3.63, 3.8) is 0 Å². The van der Waals surface area contributed by atoms with E-state index in [9.17, 15) is 4.79 Å². The summed E-state index contributed by atoms with van der Waals surface area (Å²) < 4.78 is 0. The van der Waals surface area contributed by atoms with E-state index in [0.717, 1.165) is 32.4 Å². The maximum Gasteiger partial charge on any atom is 0.226 e. The third-order valence-electron chi connectivity index (χ3n) is 5.05. The van der Waals surface area contributed by atoms with Crippen LogP contribution in [0.2, 0.25) is 0 Å². The Hall–Kier alpha value is -1.35. The summed E-state index contributed by atoms with van der Waals surface area (Å²) in [4.78, 5) is 14.9. The van der Waals surface area contributed by atoms with Gasteiger partial charge in [0.15, 0.2) is 0 Å². The van der Waals surface area contributed by atoms with Gasteiger partial charge in [0, 0.05) is 25.0 Å². The van der Waals surface area contributed by atoms with Crippen molar-refractivity contribution in [2.45, 2.75) is 51.1 Å². The number of nitrogens with zero attached hydrogens (tertiary/aromatic N) is 1. The van der Waals surface area contributed by atoms with Crippen molar-refractivity contribution in [2.24, 2.45) is 17.6 Å². The maximum absolute atomic E-state index is 12.8. The highest BCUT2D eigenvalue weighted by atomic mass is 16.2. The molecule has 3 nitrogen and oxygen atoms in total. The van der Waals surface area contributed by atoms with Crippen LogP contribution >= 0.6 is 0 Å². The number of amides is 1. The number of nitrogens with two attached hydrogens (primary N) is 1. The van der Waals surface area contributed by atoms with Gasteiger partial charge in [-0.15, -0.1) is 0 Å². The molecule has 1 aromatic rings. The summed E-state index contributed by atoms with van der Waals surface area (Å²) in [6.07, 6.45) is 6.72. The van der Waals surface area contributed by atoms with E-state index in [1.54, 1.807) is 0 Å². The van der Waals surface area contributed by atoms with E-state index >= 15 is 0 Å². The molecule has 2 aliphatic carbocycles. The highest BCUT2D eigenvalue weighted by molar-refractivity contribution is 5.79. The van der Waals surface area contributed by atoms with Gasteiger partial charge in [-0.2, -0.15) is 0 Å². The lowest BCUT2D eigenvalue weighted by atomic mass is 9.84. The van der Waals surface area contributed by atoms with Crippen LogP contribution in [0.15, 0.2) is 30.3 Å². The van der Waals surface area contributed by atoms with Crippen LogP contribution in [0.1, 0.15) is 44.1 Å². The van der Waals surface area contributed by atoms with Gasteiger partial charge in [-0.05, 0) is 43.6 Å². The molecule has 2 aliphatic rings. The fraction of sp³-hybridized carbons (Fsp3) is 0.611. The Morgan fingerprint density at radius 2 is 1.90 bits per heavy atom. The summed E-state index contributed by atoms with van der Waals surface area (Å²) >= 11 is 0. The zero-order chi connectivity index (χ0) is 14.7. The van der Waals surface area contributed by atoms with Gasteiger partial charge in [-0.1, -0.05) is 36.8 Å². The topological polar surface area (TPSA) is 46.3 Å². The minimum Gasteiger partial charge on any atom is -0.338 e. The normalized spacial score (nSPS) is 25.6. The molecule has 0 aromatic heterocycles. The lowest BCUT2D eigenvalue weighted by Crippen LogP contribution is -2.40. The zero-order valence-electron chi connectivity index (χ0n) is 12.7. The van der Waals surface area contributed by atoms with Gasteiger partial charge >= 0.3 is 0 Å². The van der Waals surface area contributed by atoms with Gasteiger partial charge in [0.25, 0.3) is 0 Å². The summed E-state index contributed by atoms with van der Waals surface area (Å²) in [5.41, 5.74) is 7.21. The van der Waals surface area contributed by atoms with E-state index in [1.165, 1.54) is 24.8 Å². The lowest BCUT2D eigenvalue weighted by Gasteiger charge is -2.34. The molecule has 0 radical (unpaired) electrons. The number of hydrogen-bond donors (Lipinski definition) is 1. The maximum atomic E-state index is 12.8. The van der Waals surface area contributed by atoms with Gasteiger partial charge in [0.05, 0.1) is 0 Å². The molecule has 0 unspecified atom stereocenters. The predicted molar refractivity (Wildman–Crippen MR) is 84.5 cm³/mol. The Labute approximate surface area is 127 Å². The van der Waals surface area contributed by atoms with Crippen LogP contribution < -0.4 is 5.73 Å². The SMILES string of the molecule is N[C@@H]1CC[C@H](C(=O)N(Cc2ccccc2)CC2CCC2)C1. The van der Waals surface area contributed by atoms with Gasteiger partial charge in [-0.3, -0.25) is 4.79 Å². The molecule has 0 aliphatic heterocycles. The molecule has 2 atom stereocenters. The van der Waals surface area contributed by atoms with Crippen LogP contribution in [0, 0.1) is 11.8 Å². The summed E-state index contributed by atoms with van der Waals surface area (Å²) in [5, 5.41) is 0. The number of hydrogen-bond acceptors (Lipinski definition) is 2. The molecule has 3 rings (SSSR count). The first kappa shape index (κ1) is 14.6. The predicted octanol–water partition coefficient (Wildman–Crippen LogP) is 2.94. The van der Waals surface area contributed by atoms with Crippen molar-refractivity contribution in [3.05, 3.63) is 35.9 Å². The highest BCUT2D eigenvalue weighted by Gasteiger charge is 2.32. The minimum atomic E-state index is 0.156. The average Bonchev–Trinajstić information content (AvgIpc) is 2.88. The second-order valence-electron chi connectivity index (χ2n) is 6.77. The van der Waals surface area contributed by atoms with Gasteiger partial charge in [0.1, 0.15) is 0 Å². The first-order valence-electron chi connectivity index (χ1n) is 8.30. The lowest BCUT2D eigenvalue weighted by molar-refractivity contribution is -0.137. The summed E-state index contributed by atoms with van der Waals surface area (Å²) in [6.45, 7) is 1.68. The molecule has 1 aromatic carbocycles.